The van der Waals surface area contributed by atoms with Crippen molar-refractivity contribution < 1.29 is 22.8 Å². The molecule has 0 bridgehead atoms. The Kier molecular flexibility index (Phi) is 4.17. The largest absolute Gasteiger partial charge is 0.416 e. The number of hydrogen-bond donors (Lipinski definition) is 0. The first-order chi connectivity index (χ1) is 11.4. The number of benzene rings is 1. The highest BCUT2D eigenvalue weighted by Gasteiger charge is 2.34. The predicted octanol–water partition coefficient (Wildman–Crippen LogP) is 3.61. The quantitative estimate of drug-likeness (QED) is 0.791. The molecule has 1 aliphatic heterocycles. The van der Waals surface area contributed by atoms with Crippen molar-refractivity contribution in [3.8, 4) is 0 Å². The number of nitrogens with zero attached hydrogens (tertiary/aromatic N) is 2. The highest BCUT2D eigenvalue weighted by molar-refractivity contribution is 5.95. The van der Waals surface area contributed by atoms with Crippen LogP contribution < -0.4 is 4.90 Å². The van der Waals surface area contributed by atoms with Gasteiger partial charge in [-0.3, -0.25) is 9.80 Å². The smallest absolute Gasteiger partial charge is 0.303 e. The van der Waals surface area contributed by atoms with Crippen LogP contribution in [0.25, 0.3) is 0 Å². The number of urea groups is 1. The van der Waals surface area contributed by atoms with Crippen LogP contribution in [0.3, 0.4) is 0 Å². The van der Waals surface area contributed by atoms with Gasteiger partial charge in [0.1, 0.15) is 6.29 Å². The number of carbonyl (C=O) groups is 2. The molecule has 7 heteroatoms. The molecule has 1 aromatic rings. The fourth-order valence-corrected chi connectivity index (χ4v) is 2.79. The van der Waals surface area contributed by atoms with Crippen LogP contribution in [-0.2, 0) is 11.0 Å². The Balaban J connectivity index is 1.79. The van der Waals surface area contributed by atoms with Gasteiger partial charge in [0.15, 0.2) is 0 Å². The maximum absolute atomic E-state index is 12.8. The van der Waals surface area contributed by atoms with E-state index in [9.17, 15) is 22.8 Å². The predicted molar refractivity (Wildman–Crippen MR) is 82.3 cm³/mol. The van der Waals surface area contributed by atoms with E-state index in [1.807, 2.05) is 0 Å². The molecule has 126 valence electrons. The normalized spacial score (nSPS) is 21.2. The zero-order valence-electron chi connectivity index (χ0n) is 12.7. The number of allylic oxidation sites excluding steroid dienone is 3. The van der Waals surface area contributed by atoms with E-state index in [2.05, 4.69) is 0 Å². The molecule has 0 radical (unpaired) electrons. The maximum Gasteiger partial charge on any atom is 0.416 e. The molecule has 2 aliphatic rings. The van der Waals surface area contributed by atoms with Gasteiger partial charge >= 0.3 is 12.2 Å². The summed E-state index contributed by atoms with van der Waals surface area (Å²) in [5.74, 6) is -0.189. The number of halogens is 3. The number of hydrogen-bond acceptors (Lipinski definition) is 2. The molecule has 1 aromatic carbocycles. The van der Waals surface area contributed by atoms with Gasteiger partial charge in [-0.2, -0.15) is 13.2 Å². The topological polar surface area (TPSA) is 40.6 Å². The Morgan fingerprint density at radius 1 is 1.17 bits per heavy atom. The summed E-state index contributed by atoms with van der Waals surface area (Å²) in [4.78, 5) is 26.1. The third-order valence-corrected chi connectivity index (χ3v) is 4.09. The highest BCUT2D eigenvalue weighted by Crippen LogP contribution is 2.33. The number of rotatable bonds is 3. The zero-order valence-corrected chi connectivity index (χ0v) is 12.7. The lowest BCUT2D eigenvalue weighted by atomic mass is 10.0. The van der Waals surface area contributed by atoms with Gasteiger partial charge in [0.25, 0.3) is 0 Å². The summed E-state index contributed by atoms with van der Waals surface area (Å²) >= 11 is 0. The molecule has 0 saturated carbocycles. The van der Waals surface area contributed by atoms with Crippen LogP contribution in [0.15, 0.2) is 48.2 Å². The van der Waals surface area contributed by atoms with Crippen LogP contribution >= 0.6 is 0 Å². The van der Waals surface area contributed by atoms with Gasteiger partial charge in [0, 0.05) is 30.4 Å². The summed E-state index contributed by atoms with van der Waals surface area (Å²) < 4.78 is 38.5. The van der Waals surface area contributed by atoms with E-state index in [4.69, 9.17) is 0 Å². The average Bonchev–Trinajstić information content (AvgIpc) is 2.96. The second-order valence-electron chi connectivity index (χ2n) is 5.66. The van der Waals surface area contributed by atoms with E-state index in [1.165, 1.54) is 21.9 Å². The summed E-state index contributed by atoms with van der Waals surface area (Å²) in [6.07, 6.45) is 2.13. The summed E-state index contributed by atoms with van der Waals surface area (Å²) in [6, 6.07) is 4.38. The molecule has 0 N–H and O–H groups in total. The van der Waals surface area contributed by atoms with Crippen molar-refractivity contribution in [1.29, 1.82) is 0 Å². The minimum Gasteiger partial charge on any atom is -0.303 e. The third kappa shape index (κ3) is 3.06. The fourth-order valence-electron chi connectivity index (χ4n) is 2.79. The van der Waals surface area contributed by atoms with Crippen LogP contribution in [0.1, 0.15) is 12.0 Å². The summed E-state index contributed by atoms with van der Waals surface area (Å²) in [6.45, 7) is 0.694. The Hall–Kier alpha value is -2.57. The van der Waals surface area contributed by atoms with Gasteiger partial charge in [-0.05, 0) is 30.7 Å². The second kappa shape index (κ2) is 6.14. The van der Waals surface area contributed by atoms with Crippen molar-refractivity contribution in [2.45, 2.75) is 12.6 Å². The lowest BCUT2D eigenvalue weighted by Gasteiger charge is -2.22. The number of carbonyl (C=O) groups excluding carboxylic acids is 2. The Morgan fingerprint density at radius 3 is 2.54 bits per heavy atom. The molecule has 2 amide bonds. The van der Waals surface area contributed by atoms with Crippen molar-refractivity contribution >= 4 is 18.0 Å². The maximum atomic E-state index is 12.8. The van der Waals surface area contributed by atoms with E-state index >= 15 is 0 Å². The van der Waals surface area contributed by atoms with E-state index in [0.717, 1.165) is 18.4 Å². The zero-order chi connectivity index (χ0) is 17.3. The summed E-state index contributed by atoms with van der Waals surface area (Å²) in [7, 11) is 0. The number of amides is 2. The van der Waals surface area contributed by atoms with Crippen LogP contribution in [0.5, 0.6) is 0 Å². The molecule has 1 fully saturated rings. The third-order valence-electron chi connectivity index (χ3n) is 4.09. The fraction of sp³-hybridized carbons (Fsp3) is 0.294. The summed E-state index contributed by atoms with van der Waals surface area (Å²) in [5, 5.41) is 0. The molecule has 1 saturated heterocycles. The van der Waals surface area contributed by atoms with Crippen molar-refractivity contribution in [3.63, 3.8) is 0 Å². The van der Waals surface area contributed by atoms with Crippen LogP contribution in [0.4, 0.5) is 23.7 Å². The van der Waals surface area contributed by atoms with Crippen molar-refractivity contribution in [2.24, 2.45) is 5.92 Å². The van der Waals surface area contributed by atoms with E-state index in [1.54, 1.807) is 18.2 Å². The molecule has 1 unspecified atom stereocenters. The Labute approximate surface area is 136 Å². The van der Waals surface area contributed by atoms with Gasteiger partial charge in [0.2, 0.25) is 0 Å². The minimum atomic E-state index is -4.45. The van der Waals surface area contributed by atoms with Crippen molar-refractivity contribution in [3.05, 3.63) is 53.8 Å². The van der Waals surface area contributed by atoms with Gasteiger partial charge in [-0.1, -0.05) is 18.2 Å². The van der Waals surface area contributed by atoms with Crippen LogP contribution in [0.2, 0.25) is 0 Å². The van der Waals surface area contributed by atoms with Crippen LogP contribution in [0, 0.1) is 5.92 Å². The first-order valence-corrected chi connectivity index (χ1v) is 7.50. The van der Waals surface area contributed by atoms with Gasteiger partial charge in [-0.25, -0.2) is 4.79 Å². The SMILES string of the molecule is O=CC1C=CC(N2CCN(c3cccc(C(F)(F)F)c3)C2=O)=CC1. The lowest BCUT2D eigenvalue weighted by molar-refractivity contribution is -0.137. The van der Waals surface area contributed by atoms with Gasteiger partial charge in [-0.15, -0.1) is 0 Å². The molecule has 1 atom stereocenters. The molecule has 24 heavy (non-hydrogen) atoms. The van der Waals surface area contributed by atoms with E-state index < -0.39 is 11.7 Å². The molecule has 4 nitrogen and oxygen atoms in total. The number of aldehydes is 1. The van der Waals surface area contributed by atoms with Crippen molar-refractivity contribution in [1.82, 2.24) is 4.90 Å². The molecule has 3 rings (SSSR count). The molecular formula is C17H15F3N2O2. The van der Waals surface area contributed by atoms with Gasteiger partial charge < -0.3 is 4.79 Å². The minimum absolute atomic E-state index is 0.189. The Bertz CT molecular complexity index is 725. The molecule has 0 spiro atoms. The van der Waals surface area contributed by atoms with Crippen LogP contribution in [-0.4, -0.2) is 30.3 Å². The number of anilines is 1. The first kappa shape index (κ1) is 16.3. The van der Waals surface area contributed by atoms with Gasteiger partial charge in [0.05, 0.1) is 5.56 Å². The first-order valence-electron chi connectivity index (χ1n) is 7.50. The van der Waals surface area contributed by atoms with E-state index in [-0.39, 0.29) is 17.6 Å². The monoisotopic (exact) mass is 336 g/mol. The average molecular weight is 336 g/mol. The summed E-state index contributed by atoms with van der Waals surface area (Å²) in [5.41, 5.74) is 0.118. The second-order valence-corrected chi connectivity index (χ2v) is 5.66. The molecule has 1 aliphatic carbocycles. The Morgan fingerprint density at radius 2 is 1.92 bits per heavy atom. The number of alkyl halides is 3. The van der Waals surface area contributed by atoms with Crippen molar-refractivity contribution in [2.75, 3.05) is 18.0 Å². The lowest BCUT2D eigenvalue weighted by Crippen LogP contribution is -2.31. The standard InChI is InChI=1S/C17H15F3N2O2/c18-17(19,20)13-2-1-3-15(10-13)22-9-8-21(16(22)24)14-6-4-12(11-23)5-7-14/h1-4,6-7,10-12H,5,8-9H2. The van der Waals surface area contributed by atoms with E-state index in [0.29, 0.717) is 25.2 Å². The molecular weight excluding hydrogens is 321 g/mol. The highest BCUT2D eigenvalue weighted by atomic mass is 19.4. The molecule has 0 aromatic heterocycles. The molecule has 1 heterocycles.